The van der Waals surface area contributed by atoms with Gasteiger partial charge in [0.2, 0.25) is 5.91 Å². The molecule has 0 aliphatic carbocycles. The van der Waals surface area contributed by atoms with Gasteiger partial charge in [-0.3, -0.25) is 4.79 Å². The number of rotatable bonds is 6. The molecule has 0 radical (unpaired) electrons. The van der Waals surface area contributed by atoms with Crippen LogP contribution in [-0.2, 0) is 4.79 Å². The van der Waals surface area contributed by atoms with Gasteiger partial charge in [0.15, 0.2) is 0 Å². The molecule has 16 heavy (non-hydrogen) atoms. The third kappa shape index (κ3) is 7.81. The highest BCUT2D eigenvalue weighted by atomic mass is 32.2. The molecule has 3 nitrogen and oxygen atoms in total. The van der Waals surface area contributed by atoms with Crippen molar-refractivity contribution >= 4 is 17.7 Å². The van der Waals surface area contributed by atoms with E-state index in [0.29, 0.717) is 0 Å². The van der Waals surface area contributed by atoms with Gasteiger partial charge in [-0.1, -0.05) is 0 Å². The lowest BCUT2D eigenvalue weighted by Crippen LogP contribution is -2.48. The summed E-state index contributed by atoms with van der Waals surface area (Å²) >= 11 is 1.61. The van der Waals surface area contributed by atoms with Crippen molar-refractivity contribution in [3.63, 3.8) is 0 Å². The summed E-state index contributed by atoms with van der Waals surface area (Å²) < 4.78 is 35.5. The second-order valence-electron chi connectivity index (χ2n) is 3.58. The van der Waals surface area contributed by atoms with E-state index in [1.807, 2.05) is 18.5 Å². The maximum absolute atomic E-state index is 11.8. The van der Waals surface area contributed by atoms with E-state index in [0.717, 1.165) is 5.75 Å². The molecule has 0 rings (SSSR count). The van der Waals surface area contributed by atoms with Crippen molar-refractivity contribution < 1.29 is 18.0 Å². The molecule has 2 atom stereocenters. The Labute approximate surface area is 97.5 Å². The van der Waals surface area contributed by atoms with E-state index in [9.17, 15) is 18.0 Å². The first-order valence-corrected chi connectivity index (χ1v) is 6.25. The quantitative estimate of drug-likeness (QED) is 0.756. The third-order valence-corrected chi connectivity index (χ3v) is 2.64. The molecule has 7 heteroatoms. The molecule has 0 saturated carbocycles. The Morgan fingerprint density at radius 1 is 1.38 bits per heavy atom. The molecule has 0 aliphatic rings. The number of hydrogen-bond donors (Lipinski definition) is 2. The number of carbonyl (C=O) groups excluding carboxylic acids is 1. The molecule has 0 saturated heterocycles. The summed E-state index contributed by atoms with van der Waals surface area (Å²) in [5.41, 5.74) is 0. The largest absolute Gasteiger partial charge is 0.405 e. The molecular formula is C9H17F3N2OS. The van der Waals surface area contributed by atoms with Crippen LogP contribution in [0.3, 0.4) is 0 Å². The van der Waals surface area contributed by atoms with Crippen LogP contribution >= 0.6 is 11.8 Å². The van der Waals surface area contributed by atoms with Crippen LogP contribution in [0.1, 0.15) is 13.8 Å². The van der Waals surface area contributed by atoms with Crippen molar-refractivity contribution in [3.8, 4) is 0 Å². The molecule has 0 bridgehead atoms. The number of thioether (sulfide) groups is 1. The second kappa shape index (κ2) is 7.01. The van der Waals surface area contributed by atoms with Crippen molar-refractivity contribution in [2.24, 2.45) is 0 Å². The fourth-order valence-electron chi connectivity index (χ4n) is 1.14. The third-order valence-electron chi connectivity index (χ3n) is 1.81. The smallest absolute Gasteiger partial charge is 0.346 e. The molecule has 0 spiro atoms. The Hall–Kier alpha value is -0.430. The normalized spacial score (nSPS) is 15.6. The molecule has 0 aromatic carbocycles. The zero-order valence-corrected chi connectivity index (χ0v) is 10.3. The van der Waals surface area contributed by atoms with Crippen molar-refractivity contribution in [1.29, 1.82) is 0 Å². The van der Waals surface area contributed by atoms with E-state index >= 15 is 0 Å². The first-order valence-electron chi connectivity index (χ1n) is 4.85. The molecule has 2 N–H and O–H groups in total. The average molecular weight is 258 g/mol. The highest BCUT2D eigenvalue weighted by Crippen LogP contribution is 2.12. The van der Waals surface area contributed by atoms with Gasteiger partial charge in [-0.15, -0.1) is 0 Å². The molecule has 0 heterocycles. The predicted octanol–water partition coefficient (Wildman–Crippen LogP) is 1.39. The lowest BCUT2D eigenvalue weighted by Gasteiger charge is -2.19. The summed E-state index contributed by atoms with van der Waals surface area (Å²) in [6, 6.07) is -0.536. The zero-order chi connectivity index (χ0) is 12.8. The first-order chi connectivity index (χ1) is 7.26. The first kappa shape index (κ1) is 15.6. The van der Waals surface area contributed by atoms with Crippen molar-refractivity contribution in [3.05, 3.63) is 0 Å². The maximum atomic E-state index is 11.8. The van der Waals surface area contributed by atoms with Crippen LogP contribution in [0.15, 0.2) is 0 Å². The van der Waals surface area contributed by atoms with Crippen LogP contribution in [0.4, 0.5) is 13.2 Å². The average Bonchev–Trinajstić information content (AvgIpc) is 2.13. The summed E-state index contributed by atoms with van der Waals surface area (Å²) in [5.74, 6) is 0.168. The summed E-state index contributed by atoms with van der Waals surface area (Å²) in [5, 5.41) is 4.75. The van der Waals surface area contributed by atoms with Gasteiger partial charge >= 0.3 is 6.18 Å². The van der Waals surface area contributed by atoms with Gasteiger partial charge in [-0.2, -0.15) is 24.9 Å². The molecule has 0 aromatic rings. The number of carbonyl (C=O) groups is 1. The van der Waals surface area contributed by atoms with Gasteiger partial charge in [0.05, 0.1) is 6.04 Å². The van der Waals surface area contributed by atoms with E-state index in [-0.39, 0.29) is 6.04 Å². The Kier molecular flexibility index (Phi) is 6.82. The van der Waals surface area contributed by atoms with Crippen molar-refractivity contribution in [2.75, 3.05) is 18.6 Å². The van der Waals surface area contributed by atoms with Gasteiger partial charge in [-0.25, -0.2) is 0 Å². The molecule has 0 fully saturated rings. The lowest BCUT2D eigenvalue weighted by molar-refractivity contribution is -0.139. The highest BCUT2D eigenvalue weighted by molar-refractivity contribution is 7.98. The van der Waals surface area contributed by atoms with Crippen LogP contribution in [-0.4, -0.2) is 42.7 Å². The van der Waals surface area contributed by atoms with E-state index < -0.39 is 24.7 Å². The lowest BCUT2D eigenvalue weighted by atomic mass is 10.2. The zero-order valence-electron chi connectivity index (χ0n) is 9.52. The number of nitrogens with one attached hydrogen (secondary N) is 2. The number of halogens is 3. The van der Waals surface area contributed by atoms with Gasteiger partial charge in [0, 0.05) is 11.8 Å². The highest BCUT2D eigenvalue weighted by Gasteiger charge is 2.28. The topological polar surface area (TPSA) is 41.1 Å². The predicted molar refractivity (Wildman–Crippen MR) is 59.5 cm³/mol. The van der Waals surface area contributed by atoms with Crippen molar-refractivity contribution in [2.45, 2.75) is 32.1 Å². The van der Waals surface area contributed by atoms with Crippen molar-refractivity contribution in [1.82, 2.24) is 10.6 Å². The Morgan fingerprint density at radius 2 is 1.94 bits per heavy atom. The Morgan fingerprint density at radius 3 is 2.38 bits per heavy atom. The molecule has 2 unspecified atom stereocenters. The van der Waals surface area contributed by atoms with Crippen LogP contribution in [0.5, 0.6) is 0 Å². The fraction of sp³-hybridized carbons (Fsp3) is 0.889. The molecule has 1 amide bonds. The molecule has 0 aromatic heterocycles. The summed E-state index contributed by atoms with van der Waals surface area (Å²) in [6.07, 6.45) is -2.44. The van der Waals surface area contributed by atoms with Crippen LogP contribution < -0.4 is 10.6 Å². The number of hydrogen-bond acceptors (Lipinski definition) is 3. The Balaban J connectivity index is 3.90. The molecular weight excluding hydrogens is 241 g/mol. The standard InChI is InChI=1S/C9H17F3N2OS/c1-6(4-16-3)14-7(2)8(15)13-5-9(10,11)12/h6-7,14H,4-5H2,1-3H3,(H,13,15). The van der Waals surface area contributed by atoms with Gasteiger partial charge < -0.3 is 10.6 Å². The molecule has 0 aliphatic heterocycles. The SMILES string of the molecule is CSCC(C)NC(C)C(=O)NCC(F)(F)F. The minimum atomic E-state index is -4.36. The summed E-state index contributed by atoms with van der Waals surface area (Å²) in [7, 11) is 0. The monoisotopic (exact) mass is 258 g/mol. The maximum Gasteiger partial charge on any atom is 0.405 e. The second-order valence-corrected chi connectivity index (χ2v) is 4.49. The van der Waals surface area contributed by atoms with E-state index in [4.69, 9.17) is 0 Å². The molecule has 96 valence electrons. The fourth-order valence-corrected chi connectivity index (χ4v) is 1.74. The van der Waals surface area contributed by atoms with Gasteiger partial charge in [0.25, 0.3) is 0 Å². The van der Waals surface area contributed by atoms with E-state index in [1.54, 1.807) is 18.7 Å². The van der Waals surface area contributed by atoms with Crippen LogP contribution in [0.2, 0.25) is 0 Å². The van der Waals surface area contributed by atoms with Crippen LogP contribution in [0.25, 0.3) is 0 Å². The van der Waals surface area contributed by atoms with E-state index in [1.165, 1.54) is 0 Å². The summed E-state index contributed by atoms with van der Waals surface area (Å²) in [4.78, 5) is 11.2. The Bertz CT molecular complexity index is 223. The van der Waals surface area contributed by atoms with Gasteiger partial charge in [-0.05, 0) is 20.1 Å². The van der Waals surface area contributed by atoms with E-state index in [2.05, 4.69) is 5.32 Å². The summed E-state index contributed by atoms with van der Waals surface area (Å²) in [6.45, 7) is 2.14. The van der Waals surface area contributed by atoms with Crippen LogP contribution in [0, 0.1) is 0 Å². The minimum Gasteiger partial charge on any atom is -0.346 e. The minimum absolute atomic E-state index is 0.0848. The number of alkyl halides is 3. The number of amides is 1. The van der Waals surface area contributed by atoms with Gasteiger partial charge in [0.1, 0.15) is 6.54 Å².